The Balaban J connectivity index is 2.62. The van der Waals surface area contributed by atoms with Crippen LogP contribution in [0.2, 0.25) is 0 Å². The first kappa shape index (κ1) is 14.9. The van der Waals surface area contributed by atoms with E-state index >= 15 is 0 Å². The molecule has 0 amide bonds. The monoisotopic (exact) mass is 246 g/mol. The molecule has 1 aromatic rings. The Kier molecular flexibility index (Phi) is 6.70. The number of carbonyl (C=O) groups excluding carboxylic acids is 1. The molecule has 0 saturated carbocycles. The van der Waals surface area contributed by atoms with Crippen LogP contribution >= 0.6 is 0 Å². The van der Waals surface area contributed by atoms with E-state index in [2.05, 4.69) is 45.0 Å². The quantitative estimate of drug-likeness (QED) is 0.592. The van der Waals surface area contributed by atoms with Crippen LogP contribution in [0.5, 0.6) is 0 Å². The molecule has 0 radical (unpaired) electrons. The number of ketones is 1. The molecule has 0 N–H and O–H groups in total. The Labute approximate surface area is 112 Å². The molecule has 100 valence electrons. The first-order chi connectivity index (χ1) is 8.70. The van der Waals surface area contributed by atoms with Gasteiger partial charge in [0.1, 0.15) is 5.78 Å². The van der Waals surface area contributed by atoms with Gasteiger partial charge < -0.3 is 0 Å². The van der Waals surface area contributed by atoms with Crippen molar-refractivity contribution in [1.29, 1.82) is 0 Å². The maximum Gasteiger partial charge on any atom is 0.136 e. The first-order valence-electron chi connectivity index (χ1n) is 7.28. The Bertz CT molecular complexity index is 342. The molecule has 0 heterocycles. The number of hydrogen-bond acceptors (Lipinski definition) is 1. The van der Waals surface area contributed by atoms with Crippen LogP contribution in [0.15, 0.2) is 30.3 Å². The van der Waals surface area contributed by atoms with Crippen LogP contribution in [-0.4, -0.2) is 5.78 Å². The lowest BCUT2D eigenvalue weighted by Gasteiger charge is -2.22. The summed E-state index contributed by atoms with van der Waals surface area (Å²) >= 11 is 0. The second kappa shape index (κ2) is 8.07. The van der Waals surface area contributed by atoms with E-state index in [0.717, 1.165) is 19.3 Å². The third-order valence-electron chi connectivity index (χ3n) is 3.81. The fourth-order valence-electron chi connectivity index (χ4n) is 2.58. The Morgan fingerprint density at radius 2 is 1.78 bits per heavy atom. The zero-order valence-electron chi connectivity index (χ0n) is 12.0. The van der Waals surface area contributed by atoms with Crippen LogP contribution in [-0.2, 0) is 4.79 Å². The summed E-state index contributed by atoms with van der Waals surface area (Å²) in [5.74, 6) is 0.969. The van der Waals surface area contributed by atoms with Crippen LogP contribution in [0.4, 0.5) is 0 Å². The van der Waals surface area contributed by atoms with Crippen molar-refractivity contribution in [2.24, 2.45) is 5.92 Å². The van der Waals surface area contributed by atoms with Gasteiger partial charge in [-0.1, -0.05) is 63.9 Å². The van der Waals surface area contributed by atoms with Gasteiger partial charge in [0.15, 0.2) is 0 Å². The normalized spacial score (nSPS) is 14.2. The minimum atomic E-state index is 0.184. The summed E-state index contributed by atoms with van der Waals surface area (Å²) in [4.78, 5) is 12.3. The van der Waals surface area contributed by atoms with Gasteiger partial charge in [-0.2, -0.15) is 0 Å². The molecular formula is C17H26O. The summed E-state index contributed by atoms with van der Waals surface area (Å²) < 4.78 is 0. The molecule has 1 rings (SSSR count). The van der Waals surface area contributed by atoms with Gasteiger partial charge in [-0.3, -0.25) is 4.79 Å². The molecule has 0 aliphatic heterocycles. The summed E-state index contributed by atoms with van der Waals surface area (Å²) in [6, 6.07) is 10.4. The van der Waals surface area contributed by atoms with Gasteiger partial charge in [-0.25, -0.2) is 0 Å². The molecule has 0 spiro atoms. The van der Waals surface area contributed by atoms with Crippen molar-refractivity contribution in [3.63, 3.8) is 0 Å². The molecule has 2 atom stereocenters. The van der Waals surface area contributed by atoms with Crippen LogP contribution in [0, 0.1) is 5.92 Å². The lowest BCUT2D eigenvalue weighted by Crippen LogP contribution is -2.20. The number of hydrogen-bond donors (Lipinski definition) is 0. The van der Waals surface area contributed by atoms with Gasteiger partial charge in [0, 0.05) is 12.3 Å². The zero-order valence-corrected chi connectivity index (χ0v) is 12.0. The lowest BCUT2D eigenvalue weighted by molar-refractivity contribution is -0.123. The molecule has 0 bridgehead atoms. The highest BCUT2D eigenvalue weighted by molar-refractivity contribution is 5.81. The Morgan fingerprint density at radius 1 is 1.11 bits per heavy atom. The van der Waals surface area contributed by atoms with Crippen molar-refractivity contribution >= 4 is 5.78 Å². The lowest BCUT2D eigenvalue weighted by atomic mass is 9.81. The standard InChI is InChI=1S/C17H26O/c1-4-6-8-13-17(18)16(5-2)14(3)15-11-9-7-10-12-15/h7,9-12,14,16H,4-6,8,13H2,1-3H3. The van der Waals surface area contributed by atoms with E-state index in [1.807, 2.05) is 6.07 Å². The fourth-order valence-corrected chi connectivity index (χ4v) is 2.58. The maximum atomic E-state index is 12.3. The molecule has 1 aromatic carbocycles. The third-order valence-corrected chi connectivity index (χ3v) is 3.81. The summed E-state index contributed by atoms with van der Waals surface area (Å²) in [7, 11) is 0. The molecule has 2 unspecified atom stereocenters. The van der Waals surface area contributed by atoms with Crippen LogP contribution in [0.3, 0.4) is 0 Å². The van der Waals surface area contributed by atoms with Crippen molar-refractivity contribution in [3.8, 4) is 0 Å². The number of unbranched alkanes of at least 4 members (excludes halogenated alkanes) is 2. The van der Waals surface area contributed by atoms with Crippen LogP contribution in [0.25, 0.3) is 0 Å². The number of benzene rings is 1. The van der Waals surface area contributed by atoms with E-state index in [1.54, 1.807) is 0 Å². The third kappa shape index (κ3) is 4.29. The van der Waals surface area contributed by atoms with Gasteiger partial charge >= 0.3 is 0 Å². The minimum absolute atomic E-state index is 0.184. The second-order valence-electron chi connectivity index (χ2n) is 5.14. The van der Waals surface area contributed by atoms with Gasteiger partial charge in [0.25, 0.3) is 0 Å². The smallest absolute Gasteiger partial charge is 0.136 e. The van der Waals surface area contributed by atoms with Crippen molar-refractivity contribution in [1.82, 2.24) is 0 Å². The van der Waals surface area contributed by atoms with Crippen LogP contribution < -0.4 is 0 Å². The summed E-state index contributed by atoms with van der Waals surface area (Å²) in [6.45, 7) is 6.48. The molecule has 0 fully saturated rings. The highest BCUT2D eigenvalue weighted by Gasteiger charge is 2.23. The van der Waals surface area contributed by atoms with Crippen molar-refractivity contribution < 1.29 is 4.79 Å². The second-order valence-corrected chi connectivity index (χ2v) is 5.14. The number of Topliss-reactive ketones (excluding diaryl/α,β-unsaturated/α-hetero) is 1. The van der Waals surface area contributed by atoms with Crippen molar-refractivity contribution in [3.05, 3.63) is 35.9 Å². The van der Waals surface area contributed by atoms with Crippen molar-refractivity contribution in [2.75, 3.05) is 0 Å². The van der Waals surface area contributed by atoms with E-state index in [1.165, 1.54) is 18.4 Å². The molecule has 0 saturated heterocycles. The molecule has 18 heavy (non-hydrogen) atoms. The molecule has 0 aromatic heterocycles. The predicted octanol–water partition coefficient (Wildman–Crippen LogP) is 4.97. The summed E-state index contributed by atoms with van der Waals surface area (Å²) in [6.07, 6.45) is 5.10. The highest BCUT2D eigenvalue weighted by atomic mass is 16.1. The molecule has 0 aliphatic rings. The largest absolute Gasteiger partial charge is 0.299 e. The van der Waals surface area contributed by atoms with E-state index in [0.29, 0.717) is 11.7 Å². The van der Waals surface area contributed by atoms with Crippen LogP contribution in [0.1, 0.15) is 64.4 Å². The predicted molar refractivity (Wildman–Crippen MR) is 77.8 cm³/mol. The zero-order chi connectivity index (χ0) is 13.4. The van der Waals surface area contributed by atoms with Gasteiger partial charge in [0.2, 0.25) is 0 Å². The average Bonchev–Trinajstić information content (AvgIpc) is 2.41. The molecule has 0 aliphatic carbocycles. The van der Waals surface area contributed by atoms with E-state index in [-0.39, 0.29) is 5.92 Å². The summed E-state index contributed by atoms with van der Waals surface area (Å²) in [5.41, 5.74) is 1.29. The average molecular weight is 246 g/mol. The van der Waals surface area contributed by atoms with Gasteiger partial charge in [0.05, 0.1) is 0 Å². The number of carbonyl (C=O) groups is 1. The Hall–Kier alpha value is -1.11. The highest BCUT2D eigenvalue weighted by Crippen LogP contribution is 2.28. The van der Waals surface area contributed by atoms with E-state index in [9.17, 15) is 4.79 Å². The van der Waals surface area contributed by atoms with Gasteiger partial charge in [-0.05, 0) is 24.3 Å². The van der Waals surface area contributed by atoms with Gasteiger partial charge in [-0.15, -0.1) is 0 Å². The molecule has 1 nitrogen and oxygen atoms in total. The molecular weight excluding hydrogens is 220 g/mol. The van der Waals surface area contributed by atoms with Crippen molar-refractivity contribution in [2.45, 2.75) is 58.8 Å². The fraction of sp³-hybridized carbons (Fsp3) is 0.588. The topological polar surface area (TPSA) is 17.1 Å². The molecule has 1 heteroatoms. The van der Waals surface area contributed by atoms with E-state index in [4.69, 9.17) is 0 Å². The minimum Gasteiger partial charge on any atom is -0.299 e. The maximum absolute atomic E-state index is 12.3. The first-order valence-corrected chi connectivity index (χ1v) is 7.28. The van der Waals surface area contributed by atoms with E-state index < -0.39 is 0 Å². The Morgan fingerprint density at radius 3 is 2.33 bits per heavy atom. The number of rotatable bonds is 8. The SMILES string of the molecule is CCCCCC(=O)C(CC)C(C)c1ccccc1. The summed E-state index contributed by atoms with van der Waals surface area (Å²) in [5, 5.41) is 0.